The molecule has 2 unspecified atom stereocenters. The van der Waals surface area contributed by atoms with Crippen molar-refractivity contribution in [3.05, 3.63) is 35.9 Å². The summed E-state index contributed by atoms with van der Waals surface area (Å²) in [6.45, 7) is 14.7. The zero-order valence-electron chi connectivity index (χ0n) is 18.9. The van der Waals surface area contributed by atoms with Crippen LogP contribution in [0.15, 0.2) is 30.3 Å². The molecule has 1 aliphatic heterocycles. The van der Waals surface area contributed by atoms with Crippen molar-refractivity contribution in [2.24, 2.45) is 11.8 Å². The molecule has 5 heteroatoms. The van der Waals surface area contributed by atoms with E-state index >= 15 is 0 Å². The van der Waals surface area contributed by atoms with E-state index in [4.69, 9.17) is 4.74 Å². The molecule has 1 heterocycles. The fourth-order valence-corrected chi connectivity index (χ4v) is 4.14. The molecule has 1 aromatic carbocycles. The summed E-state index contributed by atoms with van der Waals surface area (Å²) in [6.07, 6.45) is 2.42. The molecule has 2 atom stereocenters. The quantitative estimate of drug-likeness (QED) is 0.711. The molecule has 0 spiro atoms. The van der Waals surface area contributed by atoms with E-state index in [1.54, 1.807) is 0 Å². The Morgan fingerprint density at radius 1 is 1.17 bits per heavy atom. The van der Waals surface area contributed by atoms with Gasteiger partial charge in [-0.2, -0.15) is 0 Å². The number of carbonyl (C=O) groups excluding carboxylic acids is 1. The Balaban J connectivity index is 1.66. The van der Waals surface area contributed by atoms with Crippen molar-refractivity contribution in [2.45, 2.75) is 71.7 Å². The van der Waals surface area contributed by atoms with Crippen molar-refractivity contribution in [2.75, 3.05) is 26.2 Å². The summed E-state index contributed by atoms with van der Waals surface area (Å²) in [4.78, 5) is 17.2. The second kappa shape index (κ2) is 9.48. The predicted octanol–water partition coefficient (Wildman–Crippen LogP) is 4.13. The third-order valence-corrected chi connectivity index (χ3v) is 5.78. The van der Waals surface area contributed by atoms with Gasteiger partial charge in [-0.25, -0.2) is 4.79 Å². The standard InChI is InChI=1S/C24H39N3O2/c1-18(2)25-13-20-15-27(23(28)29-24(3,4)5)17-21(20)16-26(22-11-12-22)14-19-9-7-6-8-10-19/h6-10,18,20-22,25H,11-17H2,1-5H3. The van der Waals surface area contributed by atoms with E-state index in [9.17, 15) is 4.79 Å². The van der Waals surface area contributed by atoms with Crippen molar-refractivity contribution >= 4 is 6.09 Å². The molecule has 3 rings (SSSR count). The Kier molecular flexibility index (Phi) is 7.23. The van der Waals surface area contributed by atoms with E-state index in [-0.39, 0.29) is 6.09 Å². The highest BCUT2D eigenvalue weighted by Gasteiger charge is 2.40. The minimum atomic E-state index is -0.450. The summed E-state index contributed by atoms with van der Waals surface area (Å²) in [7, 11) is 0. The van der Waals surface area contributed by atoms with Gasteiger partial charge in [-0.3, -0.25) is 4.90 Å². The number of amides is 1. The third kappa shape index (κ3) is 7.00. The lowest BCUT2D eigenvalue weighted by Crippen LogP contribution is -2.38. The maximum atomic E-state index is 12.7. The monoisotopic (exact) mass is 401 g/mol. The molecular formula is C24H39N3O2. The van der Waals surface area contributed by atoms with Gasteiger partial charge in [0.2, 0.25) is 0 Å². The minimum Gasteiger partial charge on any atom is -0.444 e. The number of nitrogens with one attached hydrogen (secondary N) is 1. The lowest BCUT2D eigenvalue weighted by atomic mass is 9.94. The molecule has 0 radical (unpaired) electrons. The average molecular weight is 402 g/mol. The van der Waals surface area contributed by atoms with Gasteiger partial charge in [0.25, 0.3) is 0 Å². The van der Waals surface area contributed by atoms with E-state index in [1.165, 1.54) is 18.4 Å². The van der Waals surface area contributed by atoms with Crippen LogP contribution in [0.5, 0.6) is 0 Å². The highest BCUT2D eigenvalue weighted by Crippen LogP contribution is 2.33. The second-order valence-electron chi connectivity index (χ2n) is 10.1. The smallest absolute Gasteiger partial charge is 0.410 e. The first-order valence-electron chi connectivity index (χ1n) is 11.2. The summed E-state index contributed by atoms with van der Waals surface area (Å²) in [6, 6.07) is 11.9. The SMILES string of the molecule is CC(C)NCC1CN(C(=O)OC(C)(C)C)CC1CN(Cc1ccccc1)C1CC1. The molecule has 29 heavy (non-hydrogen) atoms. The Morgan fingerprint density at radius 2 is 1.83 bits per heavy atom. The molecule has 1 N–H and O–H groups in total. The number of carbonyl (C=O) groups is 1. The lowest BCUT2D eigenvalue weighted by molar-refractivity contribution is 0.0281. The van der Waals surface area contributed by atoms with Gasteiger partial charge in [-0.1, -0.05) is 44.2 Å². The summed E-state index contributed by atoms with van der Waals surface area (Å²) < 4.78 is 5.66. The lowest BCUT2D eigenvalue weighted by Gasteiger charge is -2.28. The molecule has 1 amide bonds. The van der Waals surface area contributed by atoms with Gasteiger partial charge >= 0.3 is 6.09 Å². The zero-order chi connectivity index (χ0) is 21.0. The highest BCUT2D eigenvalue weighted by molar-refractivity contribution is 5.68. The zero-order valence-corrected chi connectivity index (χ0v) is 18.9. The molecule has 1 aliphatic carbocycles. The van der Waals surface area contributed by atoms with Gasteiger partial charge in [0.05, 0.1) is 0 Å². The Bertz CT molecular complexity index is 652. The van der Waals surface area contributed by atoms with E-state index in [2.05, 4.69) is 54.4 Å². The van der Waals surface area contributed by atoms with Crippen LogP contribution in [0.3, 0.4) is 0 Å². The molecule has 1 aromatic rings. The van der Waals surface area contributed by atoms with Crippen molar-refractivity contribution in [3.8, 4) is 0 Å². The van der Waals surface area contributed by atoms with Gasteiger partial charge in [-0.15, -0.1) is 0 Å². The second-order valence-corrected chi connectivity index (χ2v) is 10.1. The summed E-state index contributed by atoms with van der Waals surface area (Å²) in [5, 5.41) is 3.60. The number of nitrogens with zero attached hydrogens (tertiary/aromatic N) is 2. The average Bonchev–Trinajstić information content (AvgIpc) is 3.40. The summed E-state index contributed by atoms with van der Waals surface area (Å²) in [5.74, 6) is 0.931. The summed E-state index contributed by atoms with van der Waals surface area (Å²) >= 11 is 0. The number of hydrogen-bond donors (Lipinski definition) is 1. The largest absolute Gasteiger partial charge is 0.444 e. The Morgan fingerprint density at radius 3 is 2.41 bits per heavy atom. The van der Waals surface area contributed by atoms with Crippen LogP contribution in [0.1, 0.15) is 53.0 Å². The molecule has 1 saturated heterocycles. The van der Waals surface area contributed by atoms with Crippen LogP contribution in [0.25, 0.3) is 0 Å². The molecule has 2 aliphatic rings. The minimum absolute atomic E-state index is 0.171. The number of benzene rings is 1. The molecule has 1 saturated carbocycles. The van der Waals surface area contributed by atoms with Gasteiger partial charge in [0.15, 0.2) is 0 Å². The summed E-state index contributed by atoms with van der Waals surface area (Å²) in [5.41, 5.74) is 0.923. The number of ether oxygens (including phenoxy) is 1. The van der Waals surface area contributed by atoms with E-state index in [0.29, 0.717) is 23.9 Å². The van der Waals surface area contributed by atoms with Crippen LogP contribution < -0.4 is 5.32 Å². The van der Waals surface area contributed by atoms with Crippen LogP contribution >= 0.6 is 0 Å². The van der Waals surface area contributed by atoms with Crippen molar-refractivity contribution in [1.82, 2.24) is 15.1 Å². The molecule has 0 bridgehead atoms. The fraction of sp³-hybridized carbons (Fsp3) is 0.708. The first-order chi connectivity index (χ1) is 13.7. The maximum absolute atomic E-state index is 12.7. The normalized spacial score (nSPS) is 22.5. The molecule has 2 fully saturated rings. The van der Waals surface area contributed by atoms with Gasteiger partial charge in [-0.05, 0) is 51.0 Å². The fourth-order valence-electron chi connectivity index (χ4n) is 4.14. The van der Waals surface area contributed by atoms with Crippen molar-refractivity contribution in [1.29, 1.82) is 0 Å². The van der Waals surface area contributed by atoms with E-state index in [0.717, 1.165) is 32.7 Å². The Labute approximate surface area is 176 Å². The molecule has 162 valence electrons. The topological polar surface area (TPSA) is 44.8 Å². The van der Waals surface area contributed by atoms with Crippen LogP contribution in [-0.2, 0) is 11.3 Å². The van der Waals surface area contributed by atoms with Gasteiger partial charge in [0.1, 0.15) is 5.60 Å². The maximum Gasteiger partial charge on any atom is 0.410 e. The van der Waals surface area contributed by atoms with E-state index in [1.807, 2.05) is 25.7 Å². The number of likely N-dealkylation sites (tertiary alicyclic amines) is 1. The first kappa shape index (κ1) is 22.1. The Hall–Kier alpha value is -1.59. The number of hydrogen-bond acceptors (Lipinski definition) is 4. The van der Waals surface area contributed by atoms with Crippen molar-refractivity contribution in [3.63, 3.8) is 0 Å². The van der Waals surface area contributed by atoms with Crippen LogP contribution in [-0.4, -0.2) is 59.8 Å². The predicted molar refractivity (Wildman–Crippen MR) is 118 cm³/mol. The van der Waals surface area contributed by atoms with E-state index < -0.39 is 5.60 Å². The van der Waals surface area contributed by atoms with Crippen molar-refractivity contribution < 1.29 is 9.53 Å². The molecule has 0 aromatic heterocycles. The highest BCUT2D eigenvalue weighted by atomic mass is 16.6. The van der Waals surface area contributed by atoms with Crippen LogP contribution in [0.2, 0.25) is 0 Å². The molecule has 5 nitrogen and oxygen atoms in total. The van der Waals surface area contributed by atoms with Gasteiger partial charge in [0, 0.05) is 44.8 Å². The van der Waals surface area contributed by atoms with Gasteiger partial charge < -0.3 is 15.0 Å². The van der Waals surface area contributed by atoms with Crippen LogP contribution in [0, 0.1) is 11.8 Å². The van der Waals surface area contributed by atoms with Crippen LogP contribution in [0.4, 0.5) is 4.79 Å². The molecular weight excluding hydrogens is 362 g/mol. The third-order valence-electron chi connectivity index (χ3n) is 5.78. The first-order valence-corrected chi connectivity index (χ1v) is 11.2. The number of rotatable bonds is 8.